The molecule has 4 heterocycles. The standard InChI is InChI=1S/C19H20N6OS/c1-14-4-5-20-16(11-14)23-17-12-18(22-13-21-17)24-6-8-25(9-7-24)19(26)15-3-2-10-27-15/h2-5,10-13H,6-9H2,1H3,(H,20,21,22,23). The molecule has 1 fully saturated rings. The van der Waals surface area contributed by atoms with E-state index in [1.165, 1.54) is 11.3 Å². The third-order valence-electron chi connectivity index (χ3n) is 4.45. The van der Waals surface area contributed by atoms with Gasteiger partial charge in [0.25, 0.3) is 5.91 Å². The van der Waals surface area contributed by atoms with Crippen LogP contribution in [0, 0.1) is 6.92 Å². The molecular weight excluding hydrogens is 360 g/mol. The number of aromatic nitrogens is 3. The molecule has 0 bridgehead atoms. The first-order valence-corrected chi connectivity index (χ1v) is 9.66. The number of aryl methyl sites for hydroxylation is 1. The van der Waals surface area contributed by atoms with E-state index in [1.807, 2.05) is 47.5 Å². The molecule has 0 atom stereocenters. The summed E-state index contributed by atoms with van der Waals surface area (Å²) >= 11 is 1.49. The normalized spacial score (nSPS) is 14.3. The molecule has 0 aliphatic carbocycles. The average molecular weight is 380 g/mol. The number of hydrogen-bond donors (Lipinski definition) is 1. The second-order valence-electron chi connectivity index (χ2n) is 6.36. The van der Waals surface area contributed by atoms with Crippen LogP contribution in [-0.2, 0) is 0 Å². The lowest BCUT2D eigenvalue weighted by atomic mass is 10.3. The van der Waals surface area contributed by atoms with Crippen LogP contribution in [0.5, 0.6) is 0 Å². The van der Waals surface area contributed by atoms with Crippen LogP contribution in [0.4, 0.5) is 17.5 Å². The maximum absolute atomic E-state index is 12.5. The number of hydrogen-bond acceptors (Lipinski definition) is 7. The Kier molecular flexibility index (Phi) is 4.97. The van der Waals surface area contributed by atoms with Gasteiger partial charge in [0.05, 0.1) is 4.88 Å². The van der Waals surface area contributed by atoms with Crippen LogP contribution in [0.2, 0.25) is 0 Å². The molecule has 27 heavy (non-hydrogen) atoms. The molecule has 1 saturated heterocycles. The molecule has 1 N–H and O–H groups in total. The number of nitrogens with one attached hydrogen (secondary N) is 1. The van der Waals surface area contributed by atoms with E-state index in [4.69, 9.17) is 0 Å². The number of rotatable bonds is 4. The molecule has 0 saturated carbocycles. The van der Waals surface area contributed by atoms with Gasteiger partial charge in [-0.2, -0.15) is 0 Å². The predicted octanol–water partition coefficient (Wildman–Crippen LogP) is 2.95. The number of thiophene rings is 1. The van der Waals surface area contributed by atoms with E-state index >= 15 is 0 Å². The molecule has 0 radical (unpaired) electrons. The Balaban J connectivity index is 1.40. The quantitative estimate of drug-likeness (QED) is 0.750. The maximum Gasteiger partial charge on any atom is 0.264 e. The highest BCUT2D eigenvalue weighted by atomic mass is 32.1. The number of anilines is 3. The van der Waals surface area contributed by atoms with Crippen molar-refractivity contribution < 1.29 is 4.79 Å². The molecule has 1 aliphatic rings. The monoisotopic (exact) mass is 380 g/mol. The Labute approximate surface area is 161 Å². The number of nitrogens with zero attached hydrogens (tertiary/aromatic N) is 5. The lowest BCUT2D eigenvalue weighted by Gasteiger charge is -2.35. The Morgan fingerprint density at radius 1 is 1.07 bits per heavy atom. The van der Waals surface area contributed by atoms with Crippen molar-refractivity contribution >= 4 is 34.7 Å². The Morgan fingerprint density at radius 3 is 2.63 bits per heavy atom. The zero-order valence-corrected chi connectivity index (χ0v) is 15.8. The lowest BCUT2D eigenvalue weighted by molar-refractivity contribution is 0.0751. The summed E-state index contributed by atoms with van der Waals surface area (Å²) in [6.07, 6.45) is 3.32. The maximum atomic E-state index is 12.5. The third-order valence-corrected chi connectivity index (χ3v) is 5.30. The van der Waals surface area contributed by atoms with Gasteiger partial charge in [-0.1, -0.05) is 6.07 Å². The highest BCUT2D eigenvalue weighted by Gasteiger charge is 2.23. The van der Waals surface area contributed by atoms with Crippen LogP contribution in [0.15, 0.2) is 48.2 Å². The number of carbonyl (C=O) groups is 1. The molecule has 1 amide bonds. The molecule has 4 rings (SSSR count). The largest absolute Gasteiger partial charge is 0.353 e. The molecule has 3 aromatic heterocycles. The molecule has 0 unspecified atom stereocenters. The van der Waals surface area contributed by atoms with Gasteiger partial charge >= 0.3 is 0 Å². The van der Waals surface area contributed by atoms with Crippen molar-refractivity contribution in [1.82, 2.24) is 19.9 Å². The number of piperazine rings is 1. The van der Waals surface area contributed by atoms with E-state index in [9.17, 15) is 4.79 Å². The zero-order chi connectivity index (χ0) is 18.6. The lowest BCUT2D eigenvalue weighted by Crippen LogP contribution is -2.48. The van der Waals surface area contributed by atoms with Crippen LogP contribution in [0.25, 0.3) is 0 Å². The minimum Gasteiger partial charge on any atom is -0.353 e. The summed E-state index contributed by atoms with van der Waals surface area (Å²) in [6, 6.07) is 9.62. The average Bonchev–Trinajstić information content (AvgIpc) is 3.23. The number of pyridine rings is 1. The summed E-state index contributed by atoms with van der Waals surface area (Å²) in [6.45, 7) is 4.88. The van der Waals surface area contributed by atoms with Gasteiger partial charge in [-0.3, -0.25) is 4.79 Å². The van der Waals surface area contributed by atoms with Crippen LogP contribution in [0.3, 0.4) is 0 Å². The van der Waals surface area contributed by atoms with Gasteiger partial charge in [0, 0.05) is 38.4 Å². The Morgan fingerprint density at radius 2 is 1.89 bits per heavy atom. The van der Waals surface area contributed by atoms with Crippen molar-refractivity contribution in [3.05, 3.63) is 58.7 Å². The van der Waals surface area contributed by atoms with Gasteiger partial charge in [-0.05, 0) is 36.1 Å². The highest BCUT2D eigenvalue weighted by Crippen LogP contribution is 2.20. The SMILES string of the molecule is Cc1ccnc(Nc2cc(N3CCN(C(=O)c4cccs4)CC3)ncn2)c1. The van der Waals surface area contributed by atoms with Crippen molar-refractivity contribution in [3.8, 4) is 0 Å². The van der Waals surface area contributed by atoms with E-state index in [-0.39, 0.29) is 5.91 Å². The van der Waals surface area contributed by atoms with Gasteiger partial charge in [-0.15, -0.1) is 11.3 Å². The first-order valence-electron chi connectivity index (χ1n) is 8.78. The van der Waals surface area contributed by atoms with Crippen LogP contribution < -0.4 is 10.2 Å². The minimum atomic E-state index is 0.111. The van der Waals surface area contributed by atoms with Crippen molar-refractivity contribution in [2.45, 2.75) is 6.92 Å². The van der Waals surface area contributed by atoms with Crippen molar-refractivity contribution in [2.24, 2.45) is 0 Å². The zero-order valence-electron chi connectivity index (χ0n) is 15.0. The van der Waals surface area contributed by atoms with Crippen LogP contribution >= 0.6 is 11.3 Å². The van der Waals surface area contributed by atoms with Gasteiger partial charge in [0.15, 0.2) is 0 Å². The van der Waals surface area contributed by atoms with E-state index in [0.717, 1.165) is 35.2 Å². The van der Waals surface area contributed by atoms with E-state index < -0.39 is 0 Å². The summed E-state index contributed by atoms with van der Waals surface area (Å²) in [5.41, 5.74) is 1.13. The van der Waals surface area contributed by atoms with Gasteiger partial charge < -0.3 is 15.1 Å². The smallest absolute Gasteiger partial charge is 0.264 e. The third kappa shape index (κ3) is 4.06. The van der Waals surface area contributed by atoms with Crippen LogP contribution in [-0.4, -0.2) is 51.9 Å². The molecule has 3 aromatic rings. The van der Waals surface area contributed by atoms with Gasteiger partial charge in [0.1, 0.15) is 23.8 Å². The summed E-state index contributed by atoms with van der Waals surface area (Å²) in [4.78, 5) is 30.3. The topological polar surface area (TPSA) is 74.2 Å². The fourth-order valence-corrected chi connectivity index (χ4v) is 3.71. The van der Waals surface area contributed by atoms with Crippen molar-refractivity contribution in [3.63, 3.8) is 0 Å². The first-order chi connectivity index (χ1) is 13.2. The summed E-state index contributed by atoms with van der Waals surface area (Å²) < 4.78 is 0. The molecular formula is C19H20N6OS. The molecule has 0 spiro atoms. The van der Waals surface area contributed by atoms with Gasteiger partial charge in [-0.25, -0.2) is 15.0 Å². The van der Waals surface area contributed by atoms with Crippen molar-refractivity contribution in [1.29, 1.82) is 0 Å². The highest BCUT2D eigenvalue weighted by molar-refractivity contribution is 7.12. The van der Waals surface area contributed by atoms with E-state index in [2.05, 4.69) is 25.2 Å². The number of amides is 1. The molecule has 138 valence electrons. The summed E-state index contributed by atoms with van der Waals surface area (Å²) in [5, 5.41) is 5.15. The molecule has 8 heteroatoms. The number of carbonyl (C=O) groups excluding carboxylic acids is 1. The summed E-state index contributed by atoms with van der Waals surface area (Å²) in [7, 11) is 0. The molecule has 1 aliphatic heterocycles. The minimum absolute atomic E-state index is 0.111. The fourth-order valence-electron chi connectivity index (χ4n) is 3.02. The van der Waals surface area contributed by atoms with E-state index in [0.29, 0.717) is 18.9 Å². The van der Waals surface area contributed by atoms with Crippen LogP contribution in [0.1, 0.15) is 15.2 Å². The van der Waals surface area contributed by atoms with Crippen molar-refractivity contribution in [2.75, 3.05) is 36.4 Å². The molecule has 7 nitrogen and oxygen atoms in total. The van der Waals surface area contributed by atoms with E-state index in [1.54, 1.807) is 12.5 Å². The Hall–Kier alpha value is -3.00. The first kappa shape index (κ1) is 17.4. The van der Waals surface area contributed by atoms with Gasteiger partial charge in [0.2, 0.25) is 0 Å². The molecule has 0 aromatic carbocycles. The summed E-state index contributed by atoms with van der Waals surface area (Å²) in [5.74, 6) is 2.42. The second kappa shape index (κ2) is 7.71. The predicted molar refractivity (Wildman–Crippen MR) is 107 cm³/mol. The fraction of sp³-hybridized carbons (Fsp3) is 0.263. The second-order valence-corrected chi connectivity index (χ2v) is 7.31. The Bertz CT molecular complexity index is 921.